The van der Waals surface area contributed by atoms with E-state index in [1.54, 1.807) is 30.4 Å². The first-order chi connectivity index (χ1) is 18.0. The number of aliphatic hydroxyl groups is 1. The molecule has 0 saturated carbocycles. The Bertz CT molecular complexity index is 1130. The molecular formula is C28H38N4O6. The number of ether oxygens (including phenoxy) is 1. The van der Waals surface area contributed by atoms with Crippen molar-refractivity contribution in [2.24, 2.45) is 17.6 Å². The molecule has 4 N–H and O–H groups in total. The molecule has 2 amide bonds. The number of carbonyl (C=O) groups excluding carboxylic acids is 3. The fourth-order valence-corrected chi connectivity index (χ4v) is 4.50. The molecule has 38 heavy (non-hydrogen) atoms. The largest absolute Gasteiger partial charge is 0.457 e. The van der Waals surface area contributed by atoms with Crippen molar-refractivity contribution in [3.63, 3.8) is 0 Å². The van der Waals surface area contributed by atoms with Crippen molar-refractivity contribution in [3.8, 4) is 0 Å². The lowest BCUT2D eigenvalue weighted by Gasteiger charge is -2.27. The molecule has 0 aliphatic carbocycles. The third kappa shape index (κ3) is 8.00. The molecule has 10 heteroatoms. The number of amides is 2. The minimum atomic E-state index is -0.788. The molecule has 3 rings (SSSR count). The number of fused-ring (bicyclic) bond motifs is 3. The van der Waals surface area contributed by atoms with Gasteiger partial charge in [-0.25, -0.2) is 9.78 Å². The van der Waals surface area contributed by atoms with Crippen molar-refractivity contribution in [1.29, 1.82) is 0 Å². The number of aromatic nitrogens is 1. The second-order valence-corrected chi connectivity index (χ2v) is 10.1. The summed E-state index contributed by atoms with van der Waals surface area (Å²) in [6.07, 6.45) is 11.0. The average molecular weight is 527 g/mol. The van der Waals surface area contributed by atoms with Gasteiger partial charge in [-0.3, -0.25) is 9.59 Å². The van der Waals surface area contributed by atoms with Crippen LogP contribution in [0.2, 0.25) is 0 Å². The summed E-state index contributed by atoms with van der Waals surface area (Å²) in [6, 6.07) is -0.459. The highest BCUT2D eigenvalue weighted by Crippen LogP contribution is 2.24. The highest BCUT2D eigenvalue weighted by molar-refractivity contribution is 6.00. The number of carbonyl (C=O) groups is 3. The van der Waals surface area contributed by atoms with Crippen LogP contribution in [0.25, 0.3) is 0 Å². The quantitative estimate of drug-likeness (QED) is 0.473. The van der Waals surface area contributed by atoms with Crippen molar-refractivity contribution < 1.29 is 28.6 Å². The van der Waals surface area contributed by atoms with Gasteiger partial charge in [-0.15, -0.1) is 0 Å². The maximum absolute atomic E-state index is 13.2. The Morgan fingerprint density at radius 2 is 2.00 bits per heavy atom. The van der Waals surface area contributed by atoms with E-state index in [9.17, 15) is 19.5 Å². The van der Waals surface area contributed by atoms with E-state index in [4.69, 9.17) is 14.9 Å². The summed E-state index contributed by atoms with van der Waals surface area (Å²) in [6.45, 7) is 8.21. The van der Waals surface area contributed by atoms with Crippen LogP contribution in [0.5, 0.6) is 0 Å². The molecule has 0 aromatic carbocycles. The first kappa shape index (κ1) is 29.1. The number of esters is 1. The normalized spacial score (nSPS) is 27.3. The minimum absolute atomic E-state index is 0.0300. The summed E-state index contributed by atoms with van der Waals surface area (Å²) >= 11 is 0. The molecule has 0 saturated heterocycles. The van der Waals surface area contributed by atoms with Crippen LogP contribution >= 0.6 is 0 Å². The zero-order valence-electron chi connectivity index (χ0n) is 22.4. The third-order valence-electron chi connectivity index (χ3n) is 6.39. The van der Waals surface area contributed by atoms with Crippen molar-refractivity contribution in [2.45, 2.75) is 65.2 Å². The molecule has 0 fully saturated rings. The van der Waals surface area contributed by atoms with Gasteiger partial charge in [0.05, 0.1) is 6.10 Å². The second kappa shape index (κ2) is 13.3. The van der Waals surface area contributed by atoms with Gasteiger partial charge in [0.25, 0.3) is 5.91 Å². The number of nitrogens with two attached hydrogens (primary N) is 1. The number of cyclic esters (lactones) is 1. The molecule has 0 radical (unpaired) electrons. The molecule has 2 aliphatic rings. The first-order valence-corrected chi connectivity index (χ1v) is 13.0. The molecule has 3 heterocycles. The number of aliphatic hydroxyl groups excluding tert-OH is 1. The molecule has 1 aromatic heterocycles. The van der Waals surface area contributed by atoms with Gasteiger partial charge in [0, 0.05) is 31.5 Å². The van der Waals surface area contributed by atoms with Crippen LogP contribution in [-0.4, -0.2) is 64.1 Å². The minimum Gasteiger partial charge on any atom is -0.457 e. The molecule has 10 nitrogen and oxygen atoms in total. The Labute approximate surface area is 223 Å². The van der Waals surface area contributed by atoms with Gasteiger partial charge in [-0.2, -0.15) is 0 Å². The van der Waals surface area contributed by atoms with E-state index in [1.807, 2.05) is 27.7 Å². The average Bonchev–Trinajstić information content (AvgIpc) is 3.52. The highest BCUT2D eigenvalue weighted by atomic mass is 16.5. The van der Waals surface area contributed by atoms with Crippen LogP contribution in [0.1, 0.15) is 56.9 Å². The number of oxazole rings is 1. The van der Waals surface area contributed by atoms with E-state index in [1.165, 1.54) is 17.2 Å². The number of hydrogen-bond donors (Lipinski definition) is 3. The Morgan fingerprint density at radius 1 is 1.24 bits per heavy atom. The fraction of sp³-hybridized carbons (Fsp3) is 0.500. The summed E-state index contributed by atoms with van der Waals surface area (Å²) < 4.78 is 11.3. The fourth-order valence-electron chi connectivity index (χ4n) is 4.50. The number of hydrogen-bond acceptors (Lipinski definition) is 8. The number of allylic oxidation sites excluding steroid dienone is 2. The van der Waals surface area contributed by atoms with Crippen LogP contribution in [-0.2, 0) is 20.7 Å². The maximum Gasteiger partial charge on any atom is 0.355 e. The Kier molecular flexibility index (Phi) is 10.2. The molecule has 0 spiro atoms. The lowest BCUT2D eigenvalue weighted by atomic mass is 9.94. The molecule has 4 atom stereocenters. The molecule has 206 valence electrons. The monoisotopic (exact) mass is 526 g/mol. The van der Waals surface area contributed by atoms with Crippen LogP contribution in [0.15, 0.2) is 58.4 Å². The third-order valence-corrected chi connectivity index (χ3v) is 6.39. The zero-order valence-corrected chi connectivity index (χ0v) is 22.4. The predicted octanol–water partition coefficient (Wildman–Crippen LogP) is 2.42. The van der Waals surface area contributed by atoms with Crippen molar-refractivity contribution in [3.05, 3.63) is 65.6 Å². The topological polar surface area (TPSA) is 148 Å². The van der Waals surface area contributed by atoms with E-state index in [0.29, 0.717) is 19.5 Å². The zero-order chi connectivity index (χ0) is 27.8. The van der Waals surface area contributed by atoms with Crippen LogP contribution in [0, 0.1) is 11.8 Å². The van der Waals surface area contributed by atoms with Crippen molar-refractivity contribution in [2.75, 3.05) is 13.1 Å². The molecule has 1 aromatic rings. The number of rotatable bonds is 1. The molecular weight excluding hydrogens is 488 g/mol. The van der Waals surface area contributed by atoms with Gasteiger partial charge >= 0.3 is 5.97 Å². The lowest BCUT2D eigenvalue weighted by molar-refractivity contribution is -0.149. The van der Waals surface area contributed by atoms with Gasteiger partial charge in [0.15, 0.2) is 11.6 Å². The summed E-state index contributed by atoms with van der Waals surface area (Å²) in [4.78, 5) is 44.2. The molecule has 2 aliphatic heterocycles. The lowest BCUT2D eigenvalue weighted by Crippen LogP contribution is -2.36. The van der Waals surface area contributed by atoms with E-state index in [0.717, 1.165) is 5.57 Å². The predicted molar refractivity (Wildman–Crippen MR) is 141 cm³/mol. The van der Waals surface area contributed by atoms with E-state index < -0.39 is 30.1 Å². The van der Waals surface area contributed by atoms with Crippen LogP contribution in [0.4, 0.5) is 0 Å². The van der Waals surface area contributed by atoms with Crippen LogP contribution < -0.4 is 11.1 Å². The van der Waals surface area contributed by atoms with E-state index in [-0.39, 0.29) is 47.9 Å². The summed E-state index contributed by atoms with van der Waals surface area (Å²) in [5.74, 6) is -1.35. The van der Waals surface area contributed by atoms with E-state index >= 15 is 0 Å². The maximum atomic E-state index is 13.2. The van der Waals surface area contributed by atoms with Gasteiger partial charge in [0.2, 0.25) is 5.91 Å². The van der Waals surface area contributed by atoms with Gasteiger partial charge < -0.3 is 30.2 Å². The highest BCUT2D eigenvalue weighted by Gasteiger charge is 2.33. The number of nitrogens with zero attached hydrogens (tertiary/aromatic N) is 2. The Morgan fingerprint density at radius 3 is 2.74 bits per heavy atom. The van der Waals surface area contributed by atoms with Gasteiger partial charge in [-0.1, -0.05) is 56.7 Å². The number of nitrogens with one attached hydrogen (secondary N) is 1. The second-order valence-electron chi connectivity index (χ2n) is 10.1. The smallest absolute Gasteiger partial charge is 0.355 e. The Balaban J connectivity index is 1.86. The summed E-state index contributed by atoms with van der Waals surface area (Å²) in [5, 5.41) is 13.2. The van der Waals surface area contributed by atoms with Crippen molar-refractivity contribution >= 4 is 17.8 Å². The van der Waals surface area contributed by atoms with E-state index in [2.05, 4.69) is 10.3 Å². The summed E-state index contributed by atoms with van der Waals surface area (Å²) in [7, 11) is 0. The standard InChI is InChI=1S/C28H38N4O6/c1-17(2)26-19(4)9-10-24(34)30-11-5-7-18(3)13-21(33)14-20(29)15-25-31-22(16-37-25)27(35)32-12-6-8-23(32)28(36)38-26/h5,7-10,13,16-17,19-21,26,33H,6,11-12,14-15,29H2,1-4H3,(H,30,34)/b7-5?,10-9+,18-13?/t19-,20+,21-,26?/m1/s1. The molecule has 1 unspecified atom stereocenters. The first-order valence-electron chi connectivity index (χ1n) is 13.0. The molecule has 2 bridgehead atoms. The summed E-state index contributed by atoms with van der Waals surface area (Å²) in [5.41, 5.74) is 7.23. The van der Waals surface area contributed by atoms with Gasteiger partial charge in [0.1, 0.15) is 18.1 Å². The Hall–Kier alpha value is -3.50. The van der Waals surface area contributed by atoms with Crippen LogP contribution in [0.3, 0.4) is 0 Å². The van der Waals surface area contributed by atoms with Crippen molar-refractivity contribution in [1.82, 2.24) is 15.2 Å². The van der Waals surface area contributed by atoms with Gasteiger partial charge in [-0.05, 0) is 31.8 Å². The SMILES string of the molecule is CC1=C[C@@H](O)C[C@H](N)Cc2nc(co2)C(=O)N2CCC=C2C(=O)OC(C(C)C)[C@H](C)/C=C/C(=O)NCC=C1.